The van der Waals surface area contributed by atoms with Crippen LogP contribution in [0.1, 0.15) is 56.0 Å². The number of benzene rings is 4. The lowest BCUT2D eigenvalue weighted by Crippen LogP contribution is -2.53. The van der Waals surface area contributed by atoms with Gasteiger partial charge in [-0.1, -0.05) is 78.9 Å². The maximum absolute atomic E-state index is 14.4. The van der Waals surface area contributed by atoms with E-state index in [1.165, 1.54) is 0 Å². The van der Waals surface area contributed by atoms with E-state index in [1.54, 1.807) is 25.7 Å². The molecule has 0 aliphatic carbocycles. The number of amides is 3. The third kappa shape index (κ3) is 8.01. The van der Waals surface area contributed by atoms with Crippen molar-refractivity contribution in [1.29, 1.82) is 0 Å². The highest BCUT2D eigenvalue weighted by molar-refractivity contribution is 6.00. The monoisotopic (exact) mass is 579 g/mol. The van der Waals surface area contributed by atoms with Gasteiger partial charge in [0.15, 0.2) is 0 Å². The Hall–Kier alpha value is -4.65. The standard InChI is InChI=1S/C36H41N3O4/c1-7-39(34(41)30(22-26-16-9-8-10-17-26)38-35(42)43-36(4,5)6)32(31-24(2)14-13-15-25(31)3)33(40)37-29-21-20-27-18-11-12-19-28(27)23-29/h8-21,23,30,32H,7,22H2,1-6H3,(H,37,40)(H,38,42). The normalized spacial score (nSPS) is 12.7. The Bertz CT molecular complexity index is 1570. The first kappa shape index (κ1) is 31.3. The van der Waals surface area contributed by atoms with Crippen LogP contribution in [-0.4, -0.2) is 41.0 Å². The number of carbonyl (C=O) groups excluding carboxylic acids is 3. The summed E-state index contributed by atoms with van der Waals surface area (Å²) in [4.78, 5) is 43.1. The zero-order valence-electron chi connectivity index (χ0n) is 25.8. The third-order valence-corrected chi connectivity index (χ3v) is 7.29. The van der Waals surface area contributed by atoms with Gasteiger partial charge in [-0.2, -0.15) is 0 Å². The molecule has 7 nitrogen and oxygen atoms in total. The van der Waals surface area contributed by atoms with Gasteiger partial charge in [-0.3, -0.25) is 9.59 Å². The zero-order chi connectivity index (χ0) is 31.1. The number of rotatable bonds is 9. The molecular weight excluding hydrogens is 538 g/mol. The lowest BCUT2D eigenvalue weighted by Gasteiger charge is -2.35. The van der Waals surface area contributed by atoms with Crippen molar-refractivity contribution in [2.24, 2.45) is 0 Å². The second kappa shape index (κ2) is 13.6. The van der Waals surface area contributed by atoms with Crippen molar-refractivity contribution in [3.8, 4) is 0 Å². The Kier molecular flexibility index (Phi) is 9.86. The molecule has 0 saturated carbocycles. The number of aryl methyl sites for hydroxylation is 2. The van der Waals surface area contributed by atoms with E-state index in [4.69, 9.17) is 4.74 Å². The lowest BCUT2D eigenvalue weighted by atomic mass is 9.93. The molecule has 4 aromatic rings. The molecule has 0 aliphatic rings. The van der Waals surface area contributed by atoms with Gasteiger partial charge in [0, 0.05) is 18.7 Å². The molecule has 2 atom stereocenters. The number of likely N-dealkylation sites (N-methyl/N-ethyl adjacent to an activating group) is 1. The molecule has 0 heterocycles. The van der Waals surface area contributed by atoms with Crippen molar-refractivity contribution < 1.29 is 19.1 Å². The van der Waals surface area contributed by atoms with Gasteiger partial charge in [-0.05, 0) is 86.7 Å². The van der Waals surface area contributed by atoms with E-state index in [9.17, 15) is 14.4 Å². The van der Waals surface area contributed by atoms with E-state index in [0.29, 0.717) is 5.69 Å². The summed E-state index contributed by atoms with van der Waals surface area (Å²) in [7, 11) is 0. The Morgan fingerprint density at radius 2 is 1.44 bits per heavy atom. The molecule has 0 aliphatic heterocycles. The van der Waals surface area contributed by atoms with Crippen molar-refractivity contribution in [3.63, 3.8) is 0 Å². The van der Waals surface area contributed by atoms with Crippen LogP contribution in [0.3, 0.4) is 0 Å². The van der Waals surface area contributed by atoms with E-state index in [2.05, 4.69) is 10.6 Å². The summed E-state index contributed by atoms with van der Waals surface area (Å²) < 4.78 is 5.51. The first-order chi connectivity index (χ1) is 20.5. The number of anilines is 1. The van der Waals surface area contributed by atoms with Crippen LogP contribution in [0.4, 0.5) is 10.5 Å². The molecule has 4 rings (SSSR count). The number of nitrogens with one attached hydrogen (secondary N) is 2. The van der Waals surface area contributed by atoms with E-state index in [-0.39, 0.29) is 24.8 Å². The fraction of sp³-hybridized carbons (Fsp3) is 0.306. The fourth-order valence-electron chi connectivity index (χ4n) is 5.33. The van der Waals surface area contributed by atoms with Crippen molar-refractivity contribution in [3.05, 3.63) is 113 Å². The van der Waals surface area contributed by atoms with Crippen LogP contribution in [0, 0.1) is 13.8 Å². The van der Waals surface area contributed by atoms with Gasteiger partial charge in [0.1, 0.15) is 17.7 Å². The summed E-state index contributed by atoms with van der Waals surface area (Å²) in [6, 6.07) is 27.1. The number of hydrogen-bond acceptors (Lipinski definition) is 4. The summed E-state index contributed by atoms with van der Waals surface area (Å²) >= 11 is 0. The van der Waals surface area contributed by atoms with Crippen LogP contribution in [0.5, 0.6) is 0 Å². The summed E-state index contributed by atoms with van der Waals surface area (Å²) in [5, 5.41) is 7.93. The zero-order valence-corrected chi connectivity index (χ0v) is 25.8. The summed E-state index contributed by atoms with van der Waals surface area (Å²) in [5.41, 5.74) is 3.31. The molecular formula is C36H41N3O4. The van der Waals surface area contributed by atoms with Crippen molar-refractivity contribution in [2.75, 3.05) is 11.9 Å². The van der Waals surface area contributed by atoms with Crippen molar-refractivity contribution in [1.82, 2.24) is 10.2 Å². The molecule has 0 saturated heterocycles. The van der Waals surface area contributed by atoms with Crippen LogP contribution in [0.15, 0.2) is 91.0 Å². The van der Waals surface area contributed by atoms with Crippen LogP contribution in [0.2, 0.25) is 0 Å². The van der Waals surface area contributed by atoms with E-state index < -0.39 is 23.8 Å². The first-order valence-electron chi connectivity index (χ1n) is 14.7. The number of alkyl carbamates (subject to hydrolysis) is 1. The molecule has 3 amide bonds. The van der Waals surface area contributed by atoms with Gasteiger partial charge in [-0.25, -0.2) is 4.79 Å². The fourth-order valence-corrected chi connectivity index (χ4v) is 5.33. The minimum atomic E-state index is -0.961. The second-order valence-corrected chi connectivity index (χ2v) is 11.8. The van der Waals surface area contributed by atoms with Gasteiger partial charge in [0.2, 0.25) is 5.91 Å². The third-order valence-electron chi connectivity index (χ3n) is 7.29. The van der Waals surface area contributed by atoms with Gasteiger partial charge < -0.3 is 20.3 Å². The van der Waals surface area contributed by atoms with Gasteiger partial charge >= 0.3 is 6.09 Å². The Labute approximate surface area is 254 Å². The molecule has 0 radical (unpaired) electrons. The van der Waals surface area contributed by atoms with Gasteiger partial charge in [0.25, 0.3) is 5.91 Å². The van der Waals surface area contributed by atoms with Crippen LogP contribution in [0.25, 0.3) is 10.8 Å². The van der Waals surface area contributed by atoms with E-state index >= 15 is 0 Å². The van der Waals surface area contributed by atoms with Crippen molar-refractivity contribution >= 4 is 34.4 Å². The average molecular weight is 580 g/mol. The maximum atomic E-state index is 14.4. The smallest absolute Gasteiger partial charge is 0.408 e. The summed E-state index contributed by atoms with van der Waals surface area (Å²) in [6.07, 6.45) is -0.455. The molecule has 0 fully saturated rings. The van der Waals surface area contributed by atoms with Crippen molar-refractivity contribution in [2.45, 2.75) is 65.6 Å². The van der Waals surface area contributed by atoms with Crippen LogP contribution < -0.4 is 10.6 Å². The topological polar surface area (TPSA) is 87.7 Å². The SMILES string of the molecule is CCN(C(=O)C(Cc1ccccc1)NC(=O)OC(C)(C)C)C(C(=O)Nc1ccc2ccccc2c1)c1c(C)cccc1C. The van der Waals surface area contributed by atoms with E-state index in [1.807, 2.05) is 112 Å². The molecule has 2 unspecified atom stereocenters. The lowest BCUT2D eigenvalue weighted by molar-refractivity contribution is -0.140. The highest BCUT2D eigenvalue weighted by Gasteiger charge is 2.37. The first-order valence-corrected chi connectivity index (χ1v) is 14.7. The highest BCUT2D eigenvalue weighted by atomic mass is 16.6. The maximum Gasteiger partial charge on any atom is 0.408 e. The minimum Gasteiger partial charge on any atom is -0.444 e. The molecule has 43 heavy (non-hydrogen) atoms. The second-order valence-electron chi connectivity index (χ2n) is 11.8. The summed E-state index contributed by atoms with van der Waals surface area (Å²) in [5.74, 6) is -0.711. The number of carbonyl (C=O) groups is 3. The van der Waals surface area contributed by atoms with E-state index in [0.717, 1.165) is 33.0 Å². The molecule has 224 valence electrons. The molecule has 2 N–H and O–H groups in total. The van der Waals surface area contributed by atoms with Gasteiger partial charge in [-0.15, -0.1) is 0 Å². The number of ether oxygens (including phenoxy) is 1. The minimum absolute atomic E-state index is 0.237. The Morgan fingerprint density at radius 1 is 0.814 bits per heavy atom. The molecule has 0 spiro atoms. The molecule has 0 bridgehead atoms. The summed E-state index contributed by atoms with van der Waals surface area (Å²) in [6.45, 7) is 11.3. The number of nitrogens with zero attached hydrogens (tertiary/aromatic N) is 1. The Balaban J connectivity index is 1.73. The number of hydrogen-bond donors (Lipinski definition) is 2. The van der Waals surface area contributed by atoms with Gasteiger partial charge in [0.05, 0.1) is 0 Å². The number of fused-ring (bicyclic) bond motifs is 1. The highest BCUT2D eigenvalue weighted by Crippen LogP contribution is 2.30. The predicted octanol–water partition coefficient (Wildman–Crippen LogP) is 7.12. The molecule has 0 aromatic heterocycles. The van der Waals surface area contributed by atoms with Crippen LogP contribution >= 0.6 is 0 Å². The largest absolute Gasteiger partial charge is 0.444 e. The van der Waals surface area contributed by atoms with Crippen LogP contribution in [-0.2, 0) is 20.7 Å². The quantitative estimate of drug-likeness (QED) is 0.221. The molecule has 7 heteroatoms. The molecule has 4 aromatic carbocycles. The predicted molar refractivity (Wildman–Crippen MR) is 172 cm³/mol. The Morgan fingerprint density at radius 3 is 2.07 bits per heavy atom. The average Bonchev–Trinajstić information content (AvgIpc) is 2.95.